The van der Waals surface area contributed by atoms with Crippen LogP contribution >= 0.6 is 0 Å². The zero-order valence-corrected chi connectivity index (χ0v) is 16.9. The van der Waals surface area contributed by atoms with Crippen molar-refractivity contribution in [1.82, 2.24) is 0 Å². The Bertz CT molecular complexity index is 1060. The SMILES string of the molecule is COc1cc(/C=C/C(=O)/C(CC(=O)O)=C(O)/C=C/c2ccc(O)c(OC)c2)ccc1O. The average Bonchev–Trinajstić information content (AvgIpc) is 2.75. The number of carboxylic acids is 1. The third-order valence-electron chi connectivity index (χ3n) is 4.20. The van der Waals surface area contributed by atoms with Gasteiger partial charge in [0.25, 0.3) is 0 Å². The van der Waals surface area contributed by atoms with Crippen LogP contribution in [0.2, 0.25) is 0 Å². The highest BCUT2D eigenvalue weighted by molar-refractivity contribution is 6.09. The lowest BCUT2D eigenvalue weighted by Crippen LogP contribution is -2.08. The Balaban J connectivity index is 2.31. The number of carbonyl (C=O) groups excluding carboxylic acids is 1. The molecule has 31 heavy (non-hydrogen) atoms. The first-order valence-corrected chi connectivity index (χ1v) is 9.03. The molecule has 0 aliphatic heterocycles. The van der Waals surface area contributed by atoms with Gasteiger partial charge in [-0.15, -0.1) is 0 Å². The number of methoxy groups -OCH3 is 2. The highest BCUT2D eigenvalue weighted by Gasteiger charge is 2.15. The summed E-state index contributed by atoms with van der Waals surface area (Å²) < 4.78 is 10.0. The maximum atomic E-state index is 12.5. The van der Waals surface area contributed by atoms with Gasteiger partial charge in [0.15, 0.2) is 28.8 Å². The summed E-state index contributed by atoms with van der Waals surface area (Å²) in [5.41, 5.74) is 0.774. The summed E-state index contributed by atoms with van der Waals surface area (Å²) in [5.74, 6) is -2.17. The van der Waals surface area contributed by atoms with Crippen LogP contribution in [0.25, 0.3) is 12.2 Å². The van der Waals surface area contributed by atoms with E-state index in [0.717, 1.165) is 6.08 Å². The number of aromatic hydroxyl groups is 2. The van der Waals surface area contributed by atoms with E-state index in [2.05, 4.69) is 0 Å². The fraction of sp³-hybridized carbons (Fsp3) is 0.130. The van der Waals surface area contributed by atoms with E-state index >= 15 is 0 Å². The number of hydrogen-bond donors (Lipinski definition) is 4. The van der Waals surface area contributed by atoms with Crippen molar-refractivity contribution in [2.24, 2.45) is 0 Å². The third-order valence-corrected chi connectivity index (χ3v) is 4.20. The first kappa shape index (κ1) is 23.1. The number of benzene rings is 2. The third kappa shape index (κ3) is 6.40. The van der Waals surface area contributed by atoms with Crippen molar-refractivity contribution in [3.63, 3.8) is 0 Å². The van der Waals surface area contributed by atoms with E-state index in [1.165, 1.54) is 56.7 Å². The lowest BCUT2D eigenvalue weighted by atomic mass is 10.0. The molecule has 0 saturated carbocycles. The van der Waals surface area contributed by atoms with Gasteiger partial charge in [0.05, 0.1) is 26.2 Å². The summed E-state index contributed by atoms with van der Waals surface area (Å²) in [6, 6.07) is 8.90. The smallest absolute Gasteiger partial charge is 0.308 e. The van der Waals surface area contributed by atoms with Gasteiger partial charge in [-0.3, -0.25) is 9.59 Å². The molecule has 4 N–H and O–H groups in total. The van der Waals surface area contributed by atoms with Crippen LogP contribution in [0.1, 0.15) is 17.5 Å². The van der Waals surface area contributed by atoms with E-state index in [-0.39, 0.29) is 28.6 Å². The topological polar surface area (TPSA) is 134 Å². The van der Waals surface area contributed by atoms with Crippen molar-refractivity contribution in [3.05, 3.63) is 71.0 Å². The summed E-state index contributed by atoms with van der Waals surface area (Å²) in [6.45, 7) is 0. The second kappa shape index (κ2) is 10.5. The Morgan fingerprint density at radius 1 is 0.839 bits per heavy atom. The molecule has 0 aliphatic rings. The number of phenols is 2. The molecule has 2 rings (SSSR count). The highest BCUT2D eigenvalue weighted by atomic mass is 16.5. The van der Waals surface area contributed by atoms with Crippen LogP contribution in [0.5, 0.6) is 23.0 Å². The van der Waals surface area contributed by atoms with Crippen molar-refractivity contribution in [3.8, 4) is 23.0 Å². The van der Waals surface area contributed by atoms with E-state index in [1.54, 1.807) is 12.1 Å². The fourth-order valence-electron chi connectivity index (χ4n) is 2.60. The molecule has 8 nitrogen and oxygen atoms in total. The molecule has 162 valence electrons. The fourth-order valence-corrected chi connectivity index (χ4v) is 2.60. The standard InChI is InChI=1S/C23H22O8/c1-30-21-11-14(5-9-19(21)26)3-7-17(24)16(13-23(28)29)18(25)8-4-15-6-10-20(27)22(12-15)31-2/h3-12,24,26-27H,13H2,1-2H3,(H,28,29)/b7-3+,8-4+,17-16-. The second-order valence-electron chi connectivity index (χ2n) is 6.33. The molecule has 0 atom stereocenters. The van der Waals surface area contributed by atoms with Crippen molar-refractivity contribution < 1.29 is 39.5 Å². The molecule has 0 heterocycles. The predicted octanol–water partition coefficient (Wildman–Crippen LogP) is 3.70. The minimum atomic E-state index is -1.28. The number of carbonyl (C=O) groups is 2. The van der Waals surface area contributed by atoms with Gasteiger partial charge >= 0.3 is 5.97 Å². The van der Waals surface area contributed by atoms with Crippen LogP contribution in [0.3, 0.4) is 0 Å². The molecule has 0 aromatic heterocycles. The number of aliphatic carboxylic acids is 1. The van der Waals surface area contributed by atoms with Gasteiger partial charge in [0.1, 0.15) is 5.76 Å². The number of aliphatic hydroxyl groups is 1. The number of aliphatic hydroxyl groups excluding tert-OH is 1. The first-order chi connectivity index (χ1) is 14.7. The lowest BCUT2D eigenvalue weighted by molar-refractivity contribution is -0.136. The average molecular weight is 426 g/mol. The monoisotopic (exact) mass is 426 g/mol. The quantitative estimate of drug-likeness (QED) is 0.271. The lowest BCUT2D eigenvalue weighted by Gasteiger charge is -2.05. The molecular formula is C23H22O8. The first-order valence-electron chi connectivity index (χ1n) is 9.03. The summed E-state index contributed by atoms with van der Waals surface area (Å²) in [5, 5.41) is 38.7. The van der Waals surface area contributed by atoms with E-state index in [1.807, 2.05) is 0 Å². The van der Waals surface area contributed by atoms with Gasteiger partial charge in [-0.1, -0.05) is 24.3 Å². The number of allylic oxidation sites excluding steroid dienone is 2. The molecule has 0 spiro atoms. The Labute approximate surface area is 178 Å². The summed E-state index contributed by atoms with van der Waals surface area (Å²) in [7, 11) is 2.77. The Kier molecular flexibility index (Phi) is 7.85. The summed E-state index contributed by atoms with van der Waals surface area (Å²) in [4.78, 5) is 23.7. The van der Waals surface area contributed by atoms with Crippen LogP contribution in [0.15, 0.2) is 59.9 Å². The maximum absolute atomic E-state index is 12.5. The Morgan fingerprint density at radius 2 is 1.32 bits per heavy atom. The van der Waals surface area contributed by atoms with E-state index < -0.39 is 23.9 Å². The highest BCUT2D eigenvalue weighted by Crippen LogP contribution is 2.28. The molecule has 0 saturated heterocycles. The number of rotatable bonds is 9. The van der Waals surface area contributed by atoms with E-state index in [9.17, 15) is 24.9 Å². The normalized spacial score (nSPS) is 12.1. The molecule has 0 unspecified atom stereocenters. The molecular weight excluding hydrogens is 404 g/mol. The molecule has 2 aromatic rings. The van der Waals surface area contributed by atoms with Gasteiger partial charge in [0.2, 0.25) is 0 Å². The van der Waals surface area contributed by atoms with Crippen molar-refractivity contribution in [2.45, 2.75) is 6.42 Å². The van der Waals surface area contributed by atoms with Gasteiger partial charge < -0.3 is 29.9 Å². The van der Waals surface area contributed by atoms with Crippen molar-refractivity contribution >= 4 is 23.9 Å². The van der Waals surface area contributed by atoms with Gasteiger partial charge in [0, 0.05) is 0 Å². The number of hydrogen-bond acceptors (Lipinski definition) is 7. The largest absolute Gasteiger partial charge is 0.508 e. The van der Waals surface area contributed by atoms with Crippen LogP contribution in [-0.4, -0.2) is 46.4 Å². The zero-order valence-electron chi connectivity index (χ0n) is 16.9. The van der Waals surface area contributed by atoms with Crippen LogP contribution < -0.4 is 9.47 Å². The molecule has 0 radical (unpaired) electrons. The number of ether oxygens (including phenoxy) is 2. The van der Waals surface area contributed by atoms with Crippen LogP contribution in [0.4, 0.5) is 0 Å². The zero-order chi connectivity index (χ0) is 23.0. The molecule has 2 aromatic carbocycles. The Hall–Kier alpha value is -4.20. The van der Waals surface area contributed by atoms with Crippen LogP contribution in [-0.2, 0) is 9.59 Å². The minimum absolute atomic E-state index is 0.0582. The second-order valence-corrected chi connectivity index (χ2v) is 6.33. The predicted molar refractivity (Wildman–Crippen MR) is 114 cm³/mol. The molecule has 0 bridgehead atoms. The number of ketones is 1. The molecule has 8 heteroatoms. The van der Waals surface area contributed by atoms with Crippen LogP contribution in [0, 0.1) is 0 Å². The van der Waals surface area contributed by atoms with E-state index in [0.29, 0.717) is 11.1 Å². The molecule has 0 fully saturated rings. The summed E-state index contributed by atoms with van der Waals surface area (Å²) in [6.07, 6.45) is 4.49. The summed E-state index contributed by atoms with van der Waals surface area (Å²) >= 11 is 0. The van der Waals surface area contributed by atoms with Gasteiger partial charge in [-0.25, -0.2) is 0 Å². The van der Waals surface area contributed by atoms with Gasteiger partial charge in [-0.2, -0.15) is 0 Å². The minimum Gasteiger partial charge on any atom is -0.508 e. The molecule has 0 aliphatic carbocycles. The van der Waals surface area contributed by atoms with Gasteiger partial charge in [-0.05, 0) is 47.5 Å². The maximum Gasteiger partial charge on any atom is 0.308 e. The Morgan fingerprint density at radius 3 is 1.77 bits per heavy atom. The number of carboxylic acid groups (broad SMARTS) is 1. The van der Waals surface area contributed by atoms with Crippen molar-refractivity contribution in [1.29, 1.82) is 0 Å². The number of phenolic OH excluding ortho intramolecular Hbond substituents is 2. The van der Waals surface area contributed by atoms with Crippen molar-refractivity contribution in [2.75, 3.05) is 14.2 Å². The molecule has 0 amide bonds. The van der Waals surface area contributed by atoms with E-state index in [4.69, 9.17) is 14.6 Å².